The smallest absolute Gasteiger partial charge is 0.184 e. The summed E-state index contributed by atoms with van der Waals surface area (Å²) in [6.45, 7) is 0. The van der Waals surface area contributed by atoms with E-state index in [1.165, 1.54) is 5.56 Å². The minimum absolute atomic E-state index is 0.778. The molecule has 0 spiro atoms. The van der Waals surface area contributed by atoms with Crippen molar-refractivity contribution in [3.8, 4) is 5.69 Å². The fourth-order valence-electron chi connectivity index (χ4n) is 1.92. The zero-order valence-corrected chi connectivity index (χ0v) is 14.2. The molecule has 0 amide bonds. The number of rotatable bonds is 5. The van der Waals surface area contributed by atoms with Gasteiger partial charge in [-0.3, -0.25) is 0 Å². The molecule has 0 aliphatic heterocycles. The number of hydrogen-bond donors (Lipinski definition) is 0. The molecule has 22 heavy (non-hydrogen) atoms. The van der Waals surface area contributed by atoms with E-state index in [0.717, 1.165) is 19.7 Å². The average molecular weight is 343 g/mol. The van der Waals surface area contributed by atoms with E-state index in [0.29, 0.717) is 0 Å². The lowest BCUT2D eigenvalue weighted by atomic mass is 10.2. The van der Waals surface area contributed by atoms with Gasteiger partial charge in [-0.1, -0.05) is 83.8 Å². The molecule has 0 saturated carbocycles. The van der Waals surface area contributed by atoms with Crippen LogP contribution in [0.5, 0.6) is 0 Å². The second-order valence-electron chi connectivity index (χ2n) is 4.51. The first-order valence-corrected chi connectivity index (χ1v) is 9.04. The third-order valence-electron chi connectivity index (χ3n) is 2.94. The number of para-hydroxylation sites is 1. The van der Waals surface area contributed by atoms with Crippen molar-refractivity contribution >= 4 is 41.4 Å². The topological polar surface area (TPSA) is 17.8 Å². The van der Waals surface area contributed by atoms with Crippen LogP contribution in [0.15, 0.2) is 71.1 Å². The fraction of sp³-hybridized carbons (Fsp3) is 0.0588. The normalized spacial score (nSPS) is 11.1. The Morgan fingerprint density at radius 2 is 1.73 bits per heavy atom. The van der Waals surface area contributed by atoms with E-state index in [4.69, 9.17) is 12.2 Å². The molecule has 0 aliphatic carbocycles. The first-order valence-electron chi connectivity index (χ1n) is 6.83. The van der Waals surface area contributed by atoms with Crippen molar-refractivity contribution in [2.45, 2.75) is 4.34 Å². The predicted octanol–water partition coefficient (Wildman–Crippen LogP) is 5.47. The monoisotopic (exact) mass is 342 g/mol. The second-order valence-corrected chi connectivity index (χ2v) is 7.40. The minimum Gasteiger partial charge on any atom is -0.211 e. The van der Waals surface area contributed by atoms with Crippen LogP contribution in [-0.2, 0) is 0 Å². The largest absolute Gasteiger partial charge is 0.211 e. The lowest BCUT2D eigenvalue weighted by Gasteiger charge is -1.98. The second kappa shape index (κ2) is 7.54. The highest BCUT2D eigenvalue weighted by Crippen LogP contribution is 2.24. The van der Waals surface area contributed by atoms with Crippen molar-refractivity contribution in [3.63, 3.8) is 0 Å². The van der Waals surface area contributed by atoms with E-state index in [2.05, 4.69) is 29.4 Å². The van der Waals surface area contributed by atoms with Gasteiger partial charge in [0, 0.05) is 5.75 Å². The summed E-state index contributed by atoms with van der Waals surface area (Å²) in [5.41, 5.74) is 2.22. The molecule has 0 unspecified atom stereocenters. The molecule has 1 aromatic heterocycles. The molecule has 0 bridgehead atoms. The molecule has 0 radical (unpaired) electrons. The molecule has 0 saturated heterocycles. The van der Waals surface area contributed by atoms with Crippen molar-refractivity contribution in [2.24, 2.45) is 0 Å². The highest BCUT2D eigenvalue weighted by Gasteiger charge is 2.05. The van der Waals surface area contributed by atoms with Crippen LogP contribution in [0.3, 0.4) is 0 Å². The van der Waals surface area contributed by atoms with Crippen LogP contribution in [0, 0.1) is 3.95 Å². The summed E-state index contributed by atoms with van der Waals surface area (Å²) in [6.07, 6.45) is 4.28. The molecular formula is C17H14N2S3. The summed E-state index contributed by atoms with van der Waals surface area (Å²) in [5.74, 6) is 0.881. The van der Waals surface area contributed by atoms with E-state index in [-0.39, 0.29) is 0 Å². The SMILES string of the molecule is S=c1sc(SC/C=C/c2ccccc2)nn1-c1ccccc1. The Bertz CT molecular complexity index is 805. The van der Waals surface area contributed by atoms with Crippen LogP contribution >= 0.6 is 35.3 Å². The van der Waals surface area contributed by atoms with Crippen LogP contribution in [0.2, 0.25) is 0 Å². The molecule has 0 atom stereocenters. The highest BCUT2D eigenvalue weighted by molar-refractivity contribution is 8.01. The summed E-state index contributed by atoms with van der Waals surface area (Å²) >= 11 is 8.65. The van der Waals surface area contributed by atoms with Gasteiger partial charge in [-0.25, -0.2) is 4.68 Å². The van der Waals surface area contributed by atoms with Gasteiger partial charge >= 0.3 is 0 Å². The zero-order chi connectivity index (χ0) is 15.2. The summed E-state index contributed by atoms with van der Waals surface area (Å²) in [6, 6.07) is 20.3. The van der Waals surface area contributed by atoms with Crippen molar-refractivity contribution in [1.29, 1.82) is 0 Å². The molecule has 2 aromatic carbocycles. The quantitative estimate of drug-likeness (QED) is 0.452. The van der Waals surface area contributed by atoms with E-state index in [1.54, 1.807) is 23.1 Å². The van der Waals surface area contributed by atoms with Crippen LogP contribution in [0.4, 0.5) is 0 Å². The van der Waals surface area contributed by atoms with Crippen LogP contribution in [0.1, 0.15) is 5.56 Å². The number of benzene rings is 2. The molecule has 0 fully saturated rings. The molecule has 0 aliphatic rings. The van der Waals surface area contributed by atoms with Crippen molar-refractivity contribution in [3.05, 3.63) is 76.3 Å². The van der Waals surface area contributed by atoms with Crippen molar-refractivity contribution in [1.82, 2.24) is 9.78 Å². The number of aromatic nitrogens is 2. The van der Waals surface area contributed by atoms with Gasteiger partial charge in [0.05, 0.1) is 5.69 Å². The molecule has 1 heterocycles. The standard InChI is InChI=1S/C17H14N2S3/c20-17-19(15-11-5-2-6-12-15)18-16(22-17)21-13-7-10-14-8-3-1-4-9-14/h1-12H,13H2/b10-7+. The van der Waals surface area contributed by atoms with Gasteiger partial charge in [-0.05, 0) is 29.9 Å². The highest BCUT2D eigenvalue weighted by atomic mass is 32.2. The maximum absolute atomic E-state index is 5.40. The maximum Gasteiger partial charge on any atom is 0.184 e. The van der Waals surface area contributed by atoms with Gasteiger partial charge in [0.15, 0.2) is 8.29 Å². The predicted molar refractivity (Wildman–Crippen MR) is 98.5 cm³/mol. The number of thioether (sulfide) groups is 1. The Morgan fingerprint density at radius 1 is 1.05 bits per heavy atom. The van der Waals surface area contributed by atoms with Crippen LogP contribution < -0.4 is 0 Å². The van der Waals surface area contributed by atoms with Gasteiger partial charge in [0.2, 0.25) is 0 Å². The molecule has 3 aromatic rings. The third-order valence-corrected chi connectivity index (χ3v) is 5.26. The molecule has 3 rings (SSSR count). The zero-order valence-electron chi connectivity index (χ0n) is 11.8. The summed E-state index contributed by atoms with van der Waals surface area (Å²) < 4.78 is 3.59. The Balaban J connectivity index is 1.65. The Morgan fingerprint density at radius 3 is 2.45 bits per heavy atom. The summed E-state index contributed by atoms with van der Waals surface area (Å²) in [4.78, 5) is 0. The van der Waals surface area contributed by atoms with Crippen molar-refractivity contribution < 1.29 is 0 Å². The van der Waals surface area contributed by atoms with E-state index in [9.17, 15) is 0 Å². The van der Waals surface area contributed by atoms with Crippen LogP contribution in [-0.4, -0.2) is 15.5 Å². The van der Waals surface area contributed by atoms with E-state index < -0.39 is 0 Å². The molecule has 0 N–H and O–H groups in total. The first-order chi connectivity index (χ1) is 10.8. The van der Waals surface area contributed by atoms with Crippen molar-refractivity contribution in [2.75, 3.05) is 5.75 Å². The van der Waals surface area contributed by atoms with Gasteiger partial charge in [0.1, 0.15) is 0 Å². The minimum atomic E-state index is 0.778. The summed E-state index contributed by atoms with van der Waals surface area (Å²) in [5, 5.41) is 4.58. The first kappa shape index (κ1) is 15.2. The van der Waals surface area contributed by atoms with Gasteiger partial charge in [-0.15, -0.1) is 5.10 Å². The summed E-state index contributed by atoms with van der Waals surface area (Å²) in [7, 11) is 0. The number of nitrogens with zero attached hydrogens (tertiary/aromatic N) is 2. The molecule has 110 valence electrons. The lowest BCUT2D eigenvalue weighted by Crippen LogP contribution is -1.95. The van der Waals surface area contributed by atoms with E-state index in [1.807, 2.05) is 53.2 Å². The Labute approximate surface area is 143 Å². The van der Waals surface area contributed by atoms with E-state index >= 15 is 0 Å². The maximum atomic E-state index is 5.40. The fourth-order valence-corrected chi connectivity index (χ4v) is 4.12. The molecular weight excluding hydrogens is 328 g/mol. The third kappa shape index (κ3) is 3.94. The Hall–Kier alpha value is -1.69. The van der Waals surface area contributed by atoms with Gasteiger partial charge in [0.25, 0.3) is 0 Å². The lowest BCUT2D eigenvalue weighted by molar-refractivity contribution is 0.830. The number of hydrogen-bond acceptors (Lipinski definition) is 4. The Kier molecular flexibility index (Phi) is 5.21. The van der Waals surface area contributed by atoms with Gasteiger partial charge < -0.3 is 0 Å². The van der Waals surface area contributed by atoms with Crippen LogP contribution in [0.25, 0.3) is 11.8 Å². The average Bonchev–Trinajstić information content (AvgIpc) is 2.94. The molecule has 2 nitrogen and oxygen atoms in total. The van der Waals surface area contributed by atoms with Gasteiger partial charge in [-0.2, -0.15) is 0 Å². The molecule has 5 heteroatoms.